The highest BCUT2D eigenvalue weighted by Gasteiger charge is 2.39. The number of anilines is 5. The summed E-state index contributed by atoms with van der Waals surface area (Å²) in [6.45, 7) is 19.0. The van der Waals surface area contributed by atoms with Gasteiger partial charge in [0.1, 0.15) is 33.7 Å². The molecule has 4 heterocycles. The molecule has 0 fully saturated rings. The molecule has 0 spiro atoms. The van der Waals surface area contributed by atoms with E-state index < -0.39 is 50.0 Å². The van der Waals surface area contributed by atoms with E-state index in [4.69, 9.17) is 48.5 Å². The predicted molar refractivity (Wildman–Crippen MR) is 422 cm³/mol. The van der Waals surface area contributed by atoms with Crippen LogP contribution in [0, 0.1) is 43.8 Å². The molecule has 3 aromatic heterocycles. The highest BCUT2D eigenvalue weighted by Crippen LogP contribution is 2.51. The van der Waals surface area contributed by atoms with Crippen LogP contribution < -0.4 is 54.6 Å². The lowest BCUT2D eigenvalue weighted by molar-refractivity contribution is -0.118. The lowest BCUT2D eigenvalue weighted by atomic mass is 9.77. The summed E-state index contributed by atoms with van der Waals surface area (Å²) in [6, 6.07) is 44.6. The molecular weight excluding hydrogens is 1490 g/mol. The lowest BCUT2D eigenvalue weighted by Gasteiger charge is -2.34. The number of carbonyl (C=O) groups is 5. The maximum Gasteiger partial charge on any atom is 0.420 e. The van der Waals surface area contributed by atoms with Crippen LogP contribution in [0.15, 0.2) is 146 Å². The van der Waals surface area contributed by atoms with Crippen molar-refractivity contribution >= 4 is 107 Å². The van der Waals surface area contributed by atoms with Crippen LogP contribution in [0.3, 0.4) is 0 Å². The molecular formula is C77H85ClN14O15S3. The van der Waals surface area contributed by atoms with Crippen LogP contribution in [0.5, 0.6) is 39.6 Å². The molecule has 110 heavy (non-hydrogen) atoms. The molecule has 11 rings (SSSR count). The topological polar surface area (TPSA) is 393 Å². The average Bonchev–Trinajstić information content (AvgIpc) is 0.968. The van der Waals surface area contributed by atoms with Crippen molar-refractivity contribution in [1.29, 1.82) is 10.0 Å². The largest absolute Gasteiger partial charge is 0.505 e. The maximum atomic E-state index is 13.2. The van der Waals surface area contributed by atoms with Crippen molar-refractivity contribution < 1.29 is 69.6 Å². The first-order chi connectivity index (χ1) is 52.1. The smallest absolute Gasteiger partial charge is 0.420 e. The molecule has 33 heteroatoms. The fraction of sp³-hybridized carbons (Fsp3) is 0.286. The first-order valence-electron chi connectivity index (χ1n) is 34.3. The zero-order chi connectivity index (χ0) is 80.3. The number of aromatic nitrogens is 5. The number of nitrogens with zero attached hydrogens (tertiary/aromatic N) is 7. The van der Waals surface area contributed by atoms with E-state index in [0.717, 1.165) is 64.4 Å². The fourth-order valence-corrected chi connectivity index (χ4v) is 12.5. The molecule has 7 aromatic carbocycles. The number of hydrogen-bond acceptors (Lipinski definition) is 22. The molecule has 0 saturated carbocycles. The Hall–Kier alpha value is -12.1. The minimum absolute atomic E-state index is 0.0203. The van der Waals surface area contributed by atoms with E-state index in [1.807, 2.05) is 102 Å². The molecule has 5 amide bonds. The number of thiazole rings is 1. The third kappa shape index (κ3) is 22.8. The zero-order valence-corrected chi connectivity index (χ0v) is 65.9. The summed E-state index contributed by atoms with van der Waals surface area (Å²) < 4.78 is 78.9. The Morgan fingerprint density at radius 1 is 0.827 bits per heavy atom. The number of fused-ring (bicyclic) bond motifs is 2. The van der Waals surface area contributed by atoms with Gasteiger partial charge in [-0.1, -0.05) is 141 Å². The number of aromatic amines is 1. The second kappa shape index (κ2) is 37.7. The van der Waals surface area contributed by atoms with Crippen LogP contribution >= 0.6 is 22.9 Å². The highest BCUT2D eigenvalue weighted by molar-refractivity contribution is 7.92. The number of phenolic OH excluding ortho intramolecular Hbond substituents is 1. The van der Waals surface area contributed by atoms with Gasteiger partial charge in [-0.15, -0.1) is 9.73 Å². The van der Waals surface area contributed by atoms with Crippen LogP contribution in [0.2, 0.25) is 5.02 Å². The number of para-hydroxylation sites is 1. The number of aromatic hydroxyl groups is 1. The van der Waals surface area contributed by atoms with E-state index in [-0.39, 0.29) is 68.9 Å². The van der Waals surface area contributed by atoms with E-state index in [2.05, 4.69) is 73.0 Å². The highest BCUT2D eigenvalue weighted by atomic mass is 35.5. The Kier molecular flexibility index (Phi) is 28.6. The van der Waals surface area contributed by atoms with E-state index >= 15 is 0 Å². The Labute approximate surface area is 647 Å². The maximum absolute atomic E-state index is 13.2. The number of benzene rings is 7. The number of rotatable bonds is 23. The van der Waals surface area contributed by atoms with Gasteiger partial charge in [0.25, 0.3) is 5.91 Å². The summed E-state index contributed by atoms with van der Waals surface area (Å²) in [5, 5.41) is 40.2. The van der Waals surface area contributed by atoms with Crippen molar-refractivity contribution in [1.82, 2.24) is 35.0 Å². The van der Waals surface area contributed by atoms with E-state index in [0.29, 0.717) is 75.5 Å². The number of nitrogens with one attached hydrogen (secondary N) is 7. The van der Waals surface area contributed by atoms with Gasteiger partial charge < -0.3 is 55.0 Å². The van der Waals surface area contributed by atoms with Crippen molar-refractivity contribution in [3.63, 3.8) is 0 Å². The van der Waals surface area contributed by atoms with Gasteiger partial charge in [-0.2, -0.15) is 18.5 Å². The quantitative estimate of drug-likeness (QED) is 0.0167. The summed E-state index contributed by atoms with van der Waals surface area (Å²) >= 11 is 7.11. The van der Waals surface area contributed by atoms with Crippen molar-refractivity contribution in [2.45, 2.75) is 98.8 Å². The number of phenols is 1. The predicted octanol–water partition coefficient (Wildman–Crippen LogP) is 14.8. The number of halogens is 1. The van der Waals surface area contributed by atoms with Gasteiger partial charge in [0.05, 0.1) is 52.4 Å². The first kappa shape index (κ1) is 83.6. The van der Waals surface area contributed by atoms with Gasteiger partial charge in [-0.25, -0.2) is 28.0 Å². The van der Waals surface area contributed by atoms with Gasteiger partial charge in [0, 0.05) is 73.9 Å². The van der Waals surface area contributed by atoms with Crippen molar-refractivity contribution in [3.05, 3.63) is 201 Å². The molecule has 8 N–H and O–H groups in total. The zero-order valence-electron chi connectivity index (χ0n) is 62.6. The first-order valence-corrected chi connectivity index (χ1v) is 38.4. The molecule has 0 bridgehead atoms. The summed E-state index contributed by atoms with van der Waals surface area (Å²) in [6.07, 6.45) is 1.38. The fourth-order valence-electron chi connectivity index (χ4n) is 10.8. The molecule has 1 unspecified atom stereocenters. The summed E-state index contributed by atoms with van der Waals surface area (Å²) in [7, 11) is -1.49. The number of H-pyrrole nitrogens is 1. The molecule has 10 aromatic rings. The number of aryl methyl sites for hydroxylation is 5. The summed E-state index contributed by atoms with van der Waals surface area (Å²) in [5.74, 6) is 1.52. The molecule has 1 aliphatic heterocycles. The standard InChI is InChI=1S/C28H24ClN5O5S2.C27H33N5O3.C22H27N3O5.HNO2S/c1-17-9-12-20(13-10-17)34(2)28(36)39-27-24(18-7-5-4-6-8-18)32-26(40-27)21(16-30)25(35)31-23-15-19(11-14-22(23)29)33-41(3,37)38;1-6-22-24(26-29-25(17(2)3)31-32(26)30-22)35-21-11-9-20(10-12-21)27(33)28-14-7-15-34-23-13-8-18(4)16-19(23)5;1-13-8-6-7-9-15(13)29-12-23-14-10-16(30-21(28)25(4)5)19-18(20(14)27)22(2,3)11-17(26)24-19;1-4(2)3/h4-15,21,33H,1-3H3,(H,31,35);8-13,16-17,30H,6-7,14-15H2,1-5H3,(H,28,33);6-10,23,27H,11-12H2,1-5H3,(H,24,26);1H. The van der Waals surface area contributed by atoms with Gasteiger partial charge in [-0.3, -0.25) is 29.1 Å². The number of amides is 5. The lowest BCUT2D eigenvalue weighted by Crippen LogP contribution is -2.34. The van der Waals surface area contributed by atoms with Crippen LogP contribution in [0.1, 0.15) is 114 Å². The minimum atomic E-state index is -3.57. The molecule has 1 aliphatic rings. The van der Waals surface area contributed by atoms with E-state index in [9.17, 15) is 42.8 Å². The molecule has 1 atom stereocenters. The van der Waals surface area contributed by atoms with Crippen LogP contribution in [-0.2, 0) is 41.9 Å². The van der Waals surface area contributed by atoms with Crippen molar-refractivity contribution in [2.75, 3.05) is 72.9 Å². The number of sulfonamides is 1. The molecule has 0 radical (unpaired) electrons. The van der Waals surface area contributed by atoms with E-state index in [1.54, 1.807) is 86.4 Å². The molecule has 0 saturated heterocycles. The Bertz CT molecular complexity index is 5260. The number of nitriles is 1. The Balaban J connectivity index is 0.000000204. The van der Waals surface area contributed by atoms with Gasteiger partial charge in [0.15, 0.2) is 30.0 Å². The average molecular weight is 1580 g/mol. The van der Waals surface area contributed by atoms with Gasteiger partial charge >= 0.3 is 22.7 Å². The van der Waals surface area contributed by atoms with Crippen LogP contribution in [-0.4, -0.2) is 129 Å². The Morgan fingerprint density at radius 2 is 1.49 bits per heavy atom. The van der Waals surface area contributed by atoms with Crippen LogP contribution in [0.4, 0.5) is 38.0 Å². The van der Waals surface area contributed by atoms with Crippen molar-refractivity contribution in [2.24, 2.45) is 0 Å². The van der Waals surface area contributed by atoms with E-state index in [1.165, 1.54) is 39.6 Å². The number of carbonyl (C=O) groups excluding carboxylic acids is 5. The number of ether oxygens (including phenoxy) is 5. The monoisotopic (exact) mass is 1580 g/mol. The third-order valence-electron chi connectivity index (χ3n) is 16.4. The number of hydrogen-bond donors (Lipinski definition) is 8. The minimum Gasteiger partial charge on any atom is -0.505 e. The Morgan fingerprint density at radius 3 is 2.13 bits per heavy atom. The van der Waals surface area contributed by atoms with Crippen molar-refractivity contribution in [3.8, 4) is 56.9 Å². The summed E-state index contributed by atoms with van der Waals surface area (Å²) in [5.41, 5.74) is 8.79. The molecule has 0 aliphatic carbocycles. The van der Waals surface area contributed by atoms with Gasteiger partial charge in [0.2, 0.25) is 32.5 Å². The third-order valence-corrected chi connectivity index (χ3v) is 18.3. The SMILES string of the molecule is CCc1[nH]n2nc(C(C)C)nc2c1Oc1ccc(C(=O)NCCCOc2ccc(C)cc2C)cc1.Cc1ccc(N(C)C(=O)Oc2sc(C(C#N)C(=O)Nc3cc(NS(C)(=O)=O)ccc3Cl)nc2-c2ccccc2)cc1.Cc1ccccc1OCNc1cc(OC(=O)N(C)C)c2c(c1O)C(C)(C)CC(=O)N2.N=S(=O)=O. The van der Waals surface area contributed by atoms with Gasteiger partial charge in [-0.05, 0) is 118 Å². The second-order valence-corrected chi connectivity index (χ2v) is 29.9. The van der Waals surface area contributed by atoms with Crippen LogP contribution in [0.25, 0.3) is 16.9 Å². The molecule has 29 nitrogen and oxygen atoms in total. The summed E-state index contributed by atoms with van der Waals surface area (Å²) in [4.78, 5) is 74.9. The normalized spacial score (nSPS) is 12.1. The second-order valence-electron chi connectivity index (χ2n) is 26.3. The molecule has 578 valence electrons.